The van der Waals surface area contributed by atoms with Crippen LogP contribution in [0.3, 0.4) is 0 Å². The van der Waals surface area contributed by atoms with E-state index in [2.05, 4.69) is 11.9 Å². The molecule has 0 radical (unpaired) electrons. The summed E-state index contributed by atoms with van der Waals surface area (Å²) in [6, 6.07) is 6.06. The molecule has 2 saturated heterocycles. The van der Waals surface area contributed by atoms with Crippen molar-refractivity contribution in [3.63, 3.8) is 0 Å². The van der Waals surface area contributed by atoms with E-state index in [0.29, 0.717) is 18.0 Å². The molecule has 2 heterocycles. The first-order valence-corrected chi connectivity index (χ1v) is 12.1. The van der Waals surface area contributed by atoms with Gasteiger partial charge >= 0.3 is 0 Å². The van der Waals surface area contributed by atoms with Crippen LogP contribution in [0.1, 0.15) is 38.5 Å². The van der Waals surface area contributed by atoms with Crippen LogP contribution in [0.15, 0.2) is 29.2 Å². The topological polar surface area (TPSA) is 59.1 Å². The molecule has 0 bridgehead atoms. The number of piperidine rings is 1. The summed E-state index contributed by atoms with van der Waals surface area (Å²) in [6.45, 7) is 0.678. The molecule has 9 heteroatoms. The number of likely N-dealkylation sites (tertiary alicyclic amines) is 1. The Bertz CT molecular complexity index is 810. The zero-order valence-electron chi connectivity index (χ0n) is 17.3. The second-order valence-corrected chi connectivity index (χ2v) is 10.7. The molecule has 4 rings (SSSR count). The van der Waals surface area contributed by atoms with Crippen molar-refractivity contribution in [2.75, 3.05) is 33.2 Å². The Morgan fingerprint density at radius 1 is 0.900 bits per heavy atom. The summed E-state index contributed by atoms with van der Waals surface area (Å²) in [6.07, 6.45) is 6.66. The third-order valence-corrected chi connectivity index (χ3v) is 8.06. The number of halogens is 2. The van der Waals surface area contributed by atoms with Gasteiger partial charge in [-0.3, -0.25) is 0 Å². The first-order chi connectivity index (χ1) is 14.2. The predicted molar refractivity (Wildman–Crippen MR) is 108 cm³/mol. The van der Waals surface area contributed by atoms with Gasteiger partial charge < -0.3 is 14.4 Å². The van der Waals surface area contributed by atoms with Crippen molar-refractivity contribution < 1.29 is 26.7 Å². The summed E-state index contributed by atoms with van der Waals surface area (Å²) in [5, 5.41) is 0. The zero-order chi connectivity index (χ0) is 21.4. The van der Waals surface area contributed by atoms with Crippen LogP contribution < -0.4 is 4.74 Å². The van der Waals surface area contributed by atoms with E-state index in [-0.39, 0.29) is 11.0 Å². The van der Waals surface area contributed by atoms with Gasteiger partial charge in [0.2, 0.25) is 10.0 Å². The molecule has 2 aliphatic heterocycles. The Morgan fingerprint density at radius 3 is 2.00 bits per heavy atom. The SMILES string of the molecule is CN1CCC(O[C@H]2CC[C@H](Oc3ccc(S(=O)(=O)N4CC(F)(F)C4)cc3)CC2)CC1. The van der Waals surface area contributed by atoms with Crippen LogP contribution in [0.25, 0.3) is 0 Å². The molecule has 0 aromatic heterocycles. The largest absolute Gasteiger partial charge is 0.490 e. The summed E-state index contributed by atoms with van der Waals surface area (Å²) in [4.78, 5) is 2.35. The van der Waals surface area contributed by atoms with E-state index < -0.39 is 29.0 Å². The minimum Gasteiger partial charge on any atom is -0.490 e. The fraction of sp³-hybridized carbons (Fsp3) is 0.714. The van der Waals surface area contributed by atoms with Gasteiger partial charge in [-0.05, 0) is 69.8 Å². The van der Waals surface area contributed by atoms with Gasteiger partial charge in [-0.15, -0.1) is 0 Å². The molecule has 0 amide bonds. The van der Waals surface area contributed by atoms with E-state index in [1.165, 1.54) is 12.1 Å². The summed E-state index contributed by atoms with van der Waals surface area (Å²) in [5.74, 6) is -2.32. The molecule has 0 spiro atoms. The second kappa shape index (κ2) is 8.68. The molecule has 0 atom stereocenters. The maximum Gasteiger partial charge on any atom is 0.275 e. The van der Waals surface area contributed by atoms with Crippen LogP contribution in [0.5, 0.6) is 5.75 Å². The van der Waals surface area contributed by atoms with Gasteiger partial charge in [0.1, 0.15) is 5.75 Å². The Labute approximate surface area is 177 Å². The monoisotopic (exact) mass is 444 g/mol. The smallest absolute Gasteiger partial charge is 0.275 e. The Kier molecular flexibility index (Phi) is 6.35. The molecule has 1 saturated carbocycles. The zero-order valence-corrected chi connectivity index (χ0v) is 18.1. The normalized spacial score (nSPS) is 28.8. The molecule has 1 aromatic carbocycles. The van der Waals surface area contributed by atoms with E-state index in [0.717, 1.165) is 55.9 Å². The average molecular weight is 445 g/mol. The Hall–Kier alpha value is -1.29. The first-order valence-electron chi connectivity index (χ1n) is 10.7. The van der Waals surface area contributed by atoms with E-state index >= 15 is 0 Å². The summed E-state index contributed by atoms with van der Waals surface area (Å²) >= 11 is 0. The third-order valence-electron chi connectivity index (χ3n) is 6.25. The van der Waals surface area contributed by atoms with Gasteiger partial charge in [0, 0.05) is 13.1 Å². The molecule has 6 nitrogen and oxygen atoms in total. The van der Waals surface area contributed by atoms with Crippen molar-refractivity contribution in [3.8, 4) is 5.75 Å². The second-order valence-electron chi connectivity index (χ2n) is 8.76. The van der Waals surface area contributed by atoms with Crippen molar-refractivity contribution in [3.05, 3.63) is 24.3 Å². The lowest BCUT2D eigenvalue weighted by Gasteiger charge is -2.37. The number of alkyl halides is 2. The molecule has 1 aromatic rings. The van der Waals surface area contributed by atoms with E-state index in [9.17, 15) is 17.2 Å². The Morgan fingerprint density at radius 2 is 1.43 bits per heavy atom. The van der Waals surface area contributed by atoms with Crippen molar-refractivity contribution in [1.29, 1.82) is 0 Å². The number of rotatable bonds is 6. The van der Waals surface area contributed by atoms with Crippen LogP contribution in [0, 0.1) is 0 Å². The van der Waals surface area contributed by atoms with Crippen molar-refractivity contribution in [2.45, 2.75) is 67.7 Å². The number of hydrogen-bond donors (Lipinski definition) is 0. The average Bonchev–Trinajstić information content (AvgIpc) is 2.70. The van der Waals surface area contributed by atoms with Crippen LogP contribution in [0.4, 0.5) is 8.78 Å². The standard InChI is InChI=1S/C21H30F2N2O4S/c1-24-12-10-19(11-13-24)29-17-4-2-16(3-5-17)28-18-6-8-20(9-7-18)30(26,27)25-14-21(22,23)15-25/h6-9,16-17,19H,2-5,10-15H2,1H3/t16-,17-. The van der Waals surface area contributed by atoms with Gasteiger partial charge in [0.25, 0.3) is 5.92 Å². The third kappa shape index (κ3) is 5.12. The van der Waals surface area contributed by atoms with E-state index in [1.807, 2.05) is 0 Å². The van der Waals surface area contributed by atoms with Gasteiger partial charge in [0.05, 0.1) is 36.3 Å². The highest BCUT2D eigenvalue weighted by Crippen LogP contribution is 2.33. The molecule has 30 heavy (non-hydrogen) atoms. The van der Waals surface area contributed by atoms with Crippen molar-refractivity contribution in [2.24, 2.45) is 0 Å². The lowest BCUT2D eigenvalue weighted by Crippen LogP contribution is -2.58. The van der Waals surface area contributed by atoms with Gasteiger partial charge in [0.15, 0.2) is 0 Å². The summed E-state index contributed by atoms with van der Waals surface area (Å²) in [5.41, 5.74) is 0. The summed E-state index contributed by atoms with van der Waals surface area (Å²) in [7, 11) is -1.73. The molecule has 168 valence electrons. The summed E-state index contributed by atoms with van der Waals surface area (Å²) < 4.78 is 63.8. The molecule has 0 N–H and O–H groups in total. The number of sulfonamides is 1. The fourth-order valence-corrected chi connectivity index (χ4v) is 5.85. The quantitative estimate of drug-likeness (QED) is 0.675. The molecular weight excluding hydrogens is 414 g/mol. The minimum absolute atomic E-state index is 0.0144. The van der Waals surface area contributed by atoms with E-state index in [4.69, 9.17) is 9.47 Å². The fourth-order valence-electron chi connectivity index (χ4n) is 4.35. The lowest BCUT2D eigenvalue weighted by atomic mass is 9.94. The maximum absolute atomic E-state index is 13.0. The minimum atomic E-state index is -3.87. The van der Waals surface area contributed by atoms with Crippen LogP contribution in [0.2, 0.25) is 0 Å². The molecule has 1 aliphatic carbocycles. The first kappa shape index (κ1) is 21.9. The molecule has 3 fully saturated rings. The number of nitrogens with zero attached hydrogens (tertiary/aromatic N) is 2. The highest BCUT2D eigenvalue weighted by molar-refractivity contribution is 7.89. The Balaban J connectivity index is 1.24. The lowest BCUT2D eigenvalue weighted by molar-refractivity contribution is -0.0945. The van der Waals surface area contributed by atoms with Gasteiger partial charge in [-0.1, -0.05) is 0 Å². The van der Waals surface area contributed by atoms with Gasteiger partial charge in [-0.2, -0.15) is 4.31 Å². The molecule has 0 unspecified atom stereocenters. The van der Waals surface area contributed by atoms with Gasteiger partial charge in [-0.25, -0.2) is 17.2 Å². The number of ether oxygens (including phenoxy) is 2. The van der Waals surface area contributed by atoms with Crippen LogP contribution in [-0.4, -0.2) is 75.1 Å². The molecular formula is C21H30F2N2O4S. The van der Waals surface area contributed by atoms with E-state index in [1.54, 1.807) is 12.1 Å². The van der Waals surface area contributed by atoms with Crippen molar-refractivity contribution in [1.82, 2.24) is 9.21 Å². The number of hydrogen-bond acceptors (Lipinski definition) is 5. The highest BCUT2D eigenvalue weighted by Gasteiger charge is 2.49. The van der Waals surface area contributed by atoms with Crippen LogP contribution >= 0.6 is 0 Å². The van der Waals surface area contributed by atoms with Crippen LogP contribution in [-0.2, 0) is 14.8 Å². The number of benzene rings is 1. The highest BCUT2D eigenvalue weighted by atomic mass is 32.2. The predicted octanol–water partition coefficient (Wildman–Crippen LogP) is 3.13. The molecule has 3 aliphatic rings. The maximum atomic E-state index is 13.0. The van der Waals surface area contributed by atoms with Crippen molar-refractivity contribution >= 4 is 10.0 Å².